The summed E-state index contributed by atoms with van der Waals surface area (Å²) in [5.41, 5.74) is 2.61. The van der Waals surface area contributed by atoms with Gasteiger partial charge in [-0.25, -0.2) is 4.79 Å². The number of nitrogens with one attached hydrogen (secondary N) is 2. The Labute approximate surface area is 184 Å². The first-order chi connectivity index (χ1) is 14.5. The molecule has 2 amide bonds. The molecular formula is C24H23BrN2O3. The average molecular weight is 467 g/mol. The summed E-state index contributed by atoms with van der Waals surface area (Å²) in [5.74, 6) is -0.904. The summed E-state index contributed by atoms with van der Waals surface area (Å²) in [4.78, 5) is 12.7. The van der Waals surface area contributed by atoms with Gasteiger partial charge in [0.05, 0.1) is 18.3 Å². The molecule has 0 radical (unpaired) electrons. The second kappa shape index (κ2) is 9.00. The van der Waals surface area contributed by atoms with Crippen LogP contribution in [0, 0.1) is 0 Å². The molecule has 30 heavy (non-hydrogen) atoms. The van der Waals surface area contributed by atoms with Crippen molar-refractivity contribution in [3.8, 4) is 0 Å². The molecule has 1 aliphatic rings. The zero-order chi connectivity index (χ0) is 21.0. The molecule has 5 nitrogen and oxygen atoms in total. The number of hydrogen-bond acceptors (Lipinski definition) is 3. The second-order valence-corrected chi connectivity index (χ2v) is 8.11. The van der Waals surface area contributed by atoms with E-state index in [0.29, 0.717) is 12.3 Å². The van der Waals surface area contributed by atoms with Gasteiger partial charge in [-0.2, -0.15) is 0 Å². The third kappa shape index (κ3) is 4.56. The monoisotopic (exact) mass is 466 g/mol. The number of carbonyl (C=O) groups is 1. The Balaban J connectivity index is 1.55. The summed E-state index contributed by atoms with van der Waals surface area (Å²) in [6.45, 7) is 2.23. The number of benzene rings is 3. The van der Waals surface area contributed by atoms with Gasteiger partial charge in [-0.3, -0.25) is 0 Å². The van der Waals surface area contributed by atoms with Crippen molar-refractivity contribution < 1.29 is 14.3 Å². The van der Waals surface area contributed by atoms with Crippen LogP contribution in [0.3, 0.4) is 0 Å². The fourth-order valence-electron chi connectivity index (χ4n) is 3.54. The molecule has 0 aromatic heterocycles. The first-order valence-electron chi connectivity index (χ1n) is 9.79. The Morgan fingerprint density at radius 1 is 0.967 bits per heavy atom. The van der Waals surface area contributed by atoms with Crippen LogP contribution in [0.4, 0.5) is 10.5 Å². The Hall–Kier alpha value is -2.67. The SMILES string of the molecule is CC1(c2ccccc2)OCC(NC(=O)Nc2ccccc2Br)C(c2ccccc2)O1. The van der Waals surface area contributed by atoms with Crippen molar-refractivity contribution in [2.75, 3.05) is 11.9 Å². The van der Waals surface area contributed by atoms with E-state index in [-0.39, 0.29) is 18.2 Å². The molecule has 3 unspecified atom stereocenters. The number of hydrogen-bond donors (Lipinski definition) is 2. The number of anilines is 1. The van der Waals surface area contributed by atoms with E-state index in [1.807, 2.05) is 91.9 Å². The minimum absolute atomic E-state index is 0.314. The average Bonchev–Trinajstić information content (AvgIpc) is 2.78. The first-order valence-corrected chi connectivity index (χ1v) is 10.6. The van der Waals surface area contributed by atoms with Crippen molar-refractivity contribution in [2.45, 2.75) is 24.9 Å². The number of ether oxygens (including phenoxy) is 2. The molecule has 1 saturated heterocycles. The molecule has 0 saturated carbocycles. The van der Waals surface area contributed by atoms with Gasteiger partial charge in [0.25, 0.3) is 0 Å². The number of para-hydroxylation sites is 1. The van der Waals surface area contributed by atoms with Crippen LogP contribution < -0.4 is 10.6 Å². The maximum atomic E-state index is 12.7. The lowest BCUT2D eigenvalue weighted by molar-refractivity contribution is -0.303. The van der Waals surface area contributed by atoms with E-state index < -0.39 is 5.79 Å². The Bertz CT molecular complexity index is 1000. The normalized spacial score (nSPS) is 23.5. The van der Waals surface area contributed by atoms with Gasteiger partial charge in [0.15, 0.2) is 5.79 Å². The van der Waals surface area contributed by atoms with Crippen LogP contribution in [0.5, 0.6) is 0 Å². The highest BCUT2D eigenvalue weighted by Gasteiger charge is 2.42. The van der Waals surface area contributed by atoms with Crippen LogP contribution in [0.25, 0.3) is 0 Å². The number of urea groups is 1. The van der Waals surface area contributed by atoms with Gasteiger partial charge >= 0.3 is 6.03 Å². The van der Waals surface area contributed by atoms with E-state index in [1.54, 1.807) is 0 Å². The Morgan fingerprint density at radius 3 is 2.30 bits per heavy atom. The largest absolute Gasteiger partial charge is 0.344 e. The van der Waals surface area contributed by atoms with Gasteiger partial charge in [0, 0.05) is 10.0 Å². The van der Waals surface area contributed by atoms with Crippen LogP contribution in [-0.4, -0.2) is 18.7 Å². The van der Waals surface area contributed by atoms with Gasteiger partial charge in [0.1, 0.15) is 6.10 Å². The maximum absolute atomic E-state index is 12.7. The van der Waals surface area contributed by atoms with Crippen molar-refractivity contribution in [3.05, 3.63) is 101 Å². The summed E-state index contributed by atoms with van der Waals surface area (Å²) in [6.07, 6.45) is -0.366. The number of amides is 2. The van der Waals surface area contributed by atoms with E-state index in [2.05, 4.69) is 26.6 Å². The van der Waals surface area contributed by atoms with Crippen molar-refractivity contribution in [2.24, 2.45) is 0 Å². The third-order valence-electron chi connectivity index (χ3n) is 5.12. The number of halogens is 1. The molecule has 3 aromatic rings. The lowest BCUT2D eigenvalue weighted by Gasteiger charge is -2.43. The van der Waals surface area contributed by atoms with Crippen LogP contribution >= 0.6 is 15.9 Å². The van der Waals surface area contributed by atoms with Crippen LogP contribution in [0.2, 0.25) is 0 Å². The molecule has 1 heterocycles. The summed E-state index contributed by atoms with van der Waals surface area (Å²) < 4.78 is 13.4. The van der Waals surface area contributed by atoms with E-state index in [9.17, 15) is 4.79 Å². The molecule has 3 atom stereocenters. The minimum atomic E-state index is -0.904. The predicted molar refractivity (Wildman–Crippen MR) is 120 cm³/mol. The number of carbonyl (C=O) groups excluding carboxylic acids is 1. The van der Waals surface area contributed by atoms with Crippen molar-refractivity contribution in [1.29, 1.82) is 0 Å². The molecule has 0 aliphatic carbocycles. The van der Waals surface area contributed by atoms with Gasteiger partial charge in [-0.1, -0.05) is 72.8 Å². The Morgan fingerprint density at radius 2 is 1.60 bits per heavy atom. The molecule has 0 bridgehead atoms. The van der Waals surface area contributed by atoms with Gasteiger partial charge in [-0.15, -0.1) is 0 Å². The molecule has 3 aromatic carbocycles. The van der Waals surface area contributed by atoms with Crippen LogP contribution in [0.15, 0.2) is 89.4 Å². The standard InChI is InChI=1S/C24H23BrN2O3/c1-24(18-12-6-3-7-13-18)29-16-21(22(30-24)17-10-4-2-5-11-17)27-23(28)26-20-15-9-8-14-19(20)25/h2-15,21-22H,16H2,1H3,(H2,26,27,28). The molecular weight excluding hydrogens is 444 g/mol. The summed E-state index contributed by atoms with van der Waals surface area (Å²) in [6, 6.07) is 26.5. The van der Waals surface area contributed by atoms with Crippen LogP contribution in [0.1, 0.15) is 24.2 Å². The third-order valence-corrected chi connectivity index (χ3v) is 5.81. The highest BCUT2D eigenvalue weighted by Crippen LogP contribution is 2.39. The maximum Gasteiger partial charge on any atom is 0.319 e. The quantitative estimate of drug-likeness (QED) is 0.525. The molecule has 6 heteroatoms. The fourth-order valence-corrected chi connectivity index (χ4v) is 3.92. The summed E-state index contributed by atoms with van der Waals surface area (Å²) in [7, 11) is 0. The molecule has 154 valence electrons. The van der Waals surface area contributed by atoms with E-state index >= 15 is 0 Å². The Kier molecular flexibility index (Phi) is 6.18. The second-order valence-electron chi connectivity index (χ2n) is 7.26. The van der Waals surface area contributed by atoms with Gasteiger partial charge in [-0.05, 0) is 40.5 Å². The van der Waals surface area contributed by atoms with E-state index in [0.717, 1.165) is 15.6 Å². The first kappa shape index (κ1) is 20.6. The fraction of sp³-hybridized carbons (Fsp3) is 0.208. The zero-order valence-electron chi connectivity index (χ0n) is 16.5. The molecule has 1 aliphatic heterocycles. The predicted octanol–water partition coefficient (Wildman–Crippen LogP) is 5.60. The smallest absolute Gasteiger partial charge is 0.319 e. The van der Waals surface area contributed by atoms with Gasteiger partial charge < -0.3 is 20.1 Å². The topological polar surface area (TPSA) is 59.6 Å². The van der Waals surface area contributed by atoms with Crippen molar-refractivity contribution >= 4 is 27.6 Å². The molecule has 4 rings (SSSR count). The van der Waals surface area contributed by atoms with Gasteiger partial charge in [0.2, 0.25) is 0 Å². The minimum Gasteiger partial charge on any atom is -0.344 e. The van der Waals surface area contributed by atoms with E-state index in [4.69, 9.17) is 9.47 Å². The van der Waals surface area contributed by atoms with Crippen molar-refractivity contribution in [3.63, 3.8) is 0 Å². The lowest BCUT2D eigenvalue weighted by Crippen LogP contribution is -2.52. The lowest BCUT2D eigenvalue weighted by atomic mass is 9.98. The number of rotatable bonds is 4. The summed E-state index contributed by atoms with van der Waals surface area (Å²) >= 11 is 3.45. The molecule has 2 N–H and O–H groups in total. The van der Waals surface area contributed by atoms with Crippen LogP contribution in [-0.2, 0) is 15.3 Å². The van der Waals surface area contributed by atoms with E-state index in [1.165, 1.54) is 0 Å². The molecule has 1 fully saturated rings. The molecule has 0 spiro atoms. The highest BCUT2D eigenvalue weighted by atomic mass is 79.9. The zero-order valence-corrected chi connectivity index (χ0v) is 18.1. The highest BCUT2D eigenvalue weighted by molar-refractivity contribution is 9.10. The van der Waals surface area contributed by atoms with Crippen molar-refractivity contribution in [1.82, 2.24) is 5.32 Å². The summed E-state index contributed by atoms with van der Waals surface area (Å²) in [5, 5.41) is 5.89.